The number of nitrogens with two attached hydrogens (primary N) is 1. The lowest BCUT2D eigenvalue weighted by atomic mass is 10.2. The molecular formula is C11H12N2O2S. The highest BCUT2D eigenvalue weighted by molar-refractivity contribution is 7.80. The number of fused-ring (bicyclic) bond motifs is 1. The Kier molecular flexibility index (Phi) is 3.05. The van der Waals surface area contributed by atoms with E-state index < -0.39 is 0 Å². The standard InChI is InChI=1S/C11H12N2O2S/c12-10(16)7-13-8-3-1-2-4-9(8)15-6-5-11(13)14/h1-4H,5-7H2,(H2,12,16). The number of para-hydroxylation sites is 2. The monoisotopic (exact) mass is 236 g/mol. The highest BCUT2D eigenvalue weighted by Crippen LogP contribution is 2.30. The summed E-state index contributed by atoms with van der Waals surface area (Å²) in [5.41, 5.74) is 6.22. The van der Waals surface area contributed by atoms with Crippen molar-refractivity contribution in [2.75, 3.05) is 18.1 Å². The van der Waals surface area contributed by atoms with Crippen molar-refractivity contribution in [1.82, 2.24) is 0 Å². The summed E-state index contributed by atoms with van der Waals surface area (Å²) in [5.74, 6) is 0.683. The maximum atomic E-state index is 11.8. The van der Waals surface area contributed by atoms with E-state index in [1.807, 2.05) is 24.3 Å². The number of rotatable bonds is 2. The molecule has 0 fully saturated rings. The lowest BCUT2D eigenvalue weighted by molar-refractivity contribution is -0.118. The van der Waals surface area contributed by atoms with Gasteiger partial charge < -0.3 is 15.4 Å². The fourth-order valence-corrected chi connectivity index (χ4v) is 1.78. The molecule has 1 aliphatic heterocycles. The van der Waals surface area contributed by atoms with Crippen molar-refractivity contribution >= 4 is 28.8 Å². The molecule has 16 heavy (non-hydrogen) atoms. The van der Waals surface area contributed by atoms with Gasteiger partial charge in [0.25, 0.3) is 0 Å². The van der Waals surface area contributed by atoms with Crippen molar-refractivity contribution in [2.45, 2.75) is 6.42 Å². The van der Waals surface area contributed by atoms with Gasteiger partial charge in [0.15, 0.2) is 0 Å². The minimum Gasteiger partial charge on any atom is -0.491 e. The summed E-state index contributed by atoms with van der Waals surface area (Å²) in [6.07, 6.45) is 0.345. The molecule has 1 heterocycles. The molecule has 1 aromatic carbocycles. The van der Waals surface area contributed by atoms with Gasteiger partial charge in [-0.3, -0.25) is 4.79 Å². The van der Waals surface area contributed by atoms with E-state index in [0.29, 0.717) is 23.8 Å². The van der Waals surface area contributed by atoms with Gasteiger partial charge >= 0.3 is 0 Å². The second-order valence-corrected chi connectivity index (χ2v) is 4.04. The second kappa shape index (κ2) is 4.49. The second-order valence-electron chi connectivity index (χ2n) is 3.51. The number of amides is 1. The molecule has 0 saturated heterocycles. The first-order valence-corrected chi connectivity index (χ1v) is 5.40. The molecule has 0 spiro atoms. The van der Waals surface area contributed by atoms with Gasteiger partial charge in [0, 0.05) is 0 Å². The van der Waals surface area contributed by atoms with Crippen LogP contribution in [0, 0.1) is 0 Å². The summed E-state index contributed by atoms with van der Waals surface area (Å²) in [6, 6.07) is 7.39. The van der Waals surface area contributed by atoms with Crippen molar-refractivity contribution in [3.05, 3.63) is 24.3 Å². The number of hydrogen-bond donors (Lipinski definition) is 1. The molecule has 1 aliphatic rings. The SMILES string of the molecule is NC(=S)CN1C(=O)CCOc2ccccc21. The Morgan fingerprint density at radius 2 is 2.25 bits per heavy atom. The van der Waals surface area contributed by atoms with E-state index in [1.165, 1.54) is 0 Å². The van der Waals surface area contributed by atoms with Gasteiger partial charge in [-0.15, -0.1) is 0 Å². The van der Waals surface area contributed by atoms with Crippen LogP contribution in [0.3, 0.4) is 0 Å². The smallest absolute Gasteiger partial charge is 0.230 e. The number of nitrogens with zero attached hydrogens (tertiary/aromatic N) is 1. The summed E-state index contributed by atoms with van der Waals surface area (Å²) >= 11 is 4.85. The topological polar surface area (TPSA) is 55.6 Å². The zero-order chi connectivity index (χ0) is 11.5. The van der Waals surface area contributed by atoms with Gasteiger partial charge in [-0.2, -0.15) is 0 Å². The number of anilines is 1. The van der Waals surface area contributed by atoms with Crippen LogP contribution in [0.4, 0.5) is 5.69 Å². The molecule has 0 radical (unpaired) electrons. The van der Waals surface area contributed by atoms with E-state index in [-0.39, 0.29) is 12.5 Å². The number of ether oxygens (including phenoxy) is 1. The molecule has 1 amide bonds. The fraction of sp³-hybridized carbons (Fsp3) is 0.273. The summed E-state index contributed by atoms with van der Waals surface area (Å²) in [4.78, 5) is 13.7. The highest BCUT2D eigenvalue weighted by Gasteiger charge is 2.22. The largest absolute Gasteiger partial charge is 0.491 e. The molecular weight excluding hydrogens is 224 g/mol. The van der Waals surface area contributed by atoms with Crippen LogP contribution in [0.15, 0.2) is 24.3 Å². The third kappa shape index (κ3) is 2.14. The van der Waals surface area contributed by atoms with E-state index in [1.54, 1.807) is 4.90 Å². The minimum atomic E-state index is -0.0160. The van der Waals surface area contributed by atoms with Crippen LogP contribution in [-0.4, -0.2) is 24.0 Å². The summed E-state index contributed by atoms with van der Waals surface area (Å²) in [5, 5.41) is 0. The van der Waals surface area contributed by atoms with E-state index in [2.05, 4.69) is 0 Å². The molecule has 0 aromatic heterocycles. The quantitative estimate of drug-likeness (QED) is 0.781. The van der Waals surface area contributed by atoms with Crippen molar-refractivity contribution in [3.8, 4) is 5.75 Å². The van der Waals surface area contributed by atoms with Crippen molar-refractivity contribution in [1.29, 1.82) is 0 Å². The average Bonchev–Trinajstić information content (AvgIpc) is 2.40. The number of carbonyl (C=O) groups excluding carboxylic acids is 1. The van der Waals surface area contributed by atoms with Gasteiger partial charge in [0.1, 0.15) is 5.75 Å². The van der Waals surface area contributed by atoms with Crippen LogP contribution >= 0.6 is 12.2 Å². The predicted octanol–water partition coefficient (Wildman–Crippen LogP) is 1.09. The Morgan fingerprint density at radius 3 is 3.00 bits per heavy atom. The van der Waals surface area contributed by atoms with Crippen LogP contribution in [0.1, 0.15) is 6.42 Å². The normalized spacial score (nSPS) is 15.0. The fourth-order valence-electron chi connectivity index (χ4n) is 1.65. The van der Waals surface area contributed by atoms with Crippen molar-refractivity contribution < 1.29 is 9.53 Å². The van der Waals surface area contributed by atoms with Crippen LogP contribution in [0.5, 0.6) is 5.75 Å². The summed E-state index contributed by atoms with van der Waals surface area (Å²) in [7, 11) is 0. The lowest BCUT2D eigenvalue weighted by Crippen LogP contribution is -2.37. The molecule has 5 heteroatoms. The van der Waals surface area contributed by atoms with Gasteiger partial charge in [0.2, 0.25) is 5.91 Å². The van der Waals surface area contributed by atoms with Crippen LogP contribution < -0.4 is 15.4 Å². The molecule has 0 aliphatic carbocycles. The summed E-state index contributed by atoms with van der Waals surface area (Å²) in [6.45, 7) is 0.651. The Hall–Kier alpha value is -1.62. The maximum absolute atomic E-state index is 11.8. The van der Waals surface area contributed by atoms with Gasteiger partial charge in [0.05, 0.1) is 30.2 Å². The molecule has 4 nitrogen and oxygen atoms in total. The molecule has 2 rings (SSSR count). The van der Waals surface area contributed by atoms with Gasteiger partial charge in [-0.25, -0.2) is 0 Å². The number of hydrogen-bond acceptors (Lipinski definition) is 3. The average molecular weight is 236 g/mol. The molecule has 84 valence electrons. The van der Waals surface area contributed by atoms with E-state index in [4.69, 9.17) is 22.7 Å². The van der Waals surface area contributed by atoms with E-state index in [0.717, 1.165) is 5.69 Å². The Balaban J connectivity index is 2.39. The number of thiocarbonyl (C=S) groups is 1. The molecule has 0 atom stereocenters. The third-order valence-electron chi connectivity index (χ3n) is 2.34. The Bertz CT molecular complexity index is 434. The number of benzene rings is 1. The number of carbonyl (C=O) groups is 1. The molecule has 2 N–H and O–H groups in total. The minimum absolute atomic E-state index is 0.0160. The molecule has 1 aromatic rings. The Labute approximate surface area is 99.0 Å². The van der Waals surface area contributed by atoms with Gasteiger partial charge in [-0.05, 0) is 12.1 Å². The maximum Gasteiger partial charge on any atom is 0.230 e. The first-order valence-electron chi connectivity index (χ1n) is 4.99. The third-order valence-corrected chi connectivity index (χ3v) is 2.47. The zero-order valence-corrected chi connectivity index (χ0v) is 9.50. The van der Waals surface area contributed by atoms with Gasteiger partial charge in [-0.1, -0.05) is 24.4 Å². The summed E-state index contributed by atoms with van der Waals surface area (Å²) < 4.78 is 5.48. The Morgan fingerprint density at radius 1 is 1.50 bits per heavy atom. The first-order chi connectivity index (χ1) is 7.68. The first kappa shape index (κ1) is 10.9. The van der Waals surface area contributed by atoms with Crippen LogP contribution in [0.25, 0.3) is 0 Å². The van der Waals surface area contributed by atoms with E-state index in [9.17, 15) is 4.79 Å². The van der Waals surface area contributed by atoms with E-state index >= 15 is 0 Å². The molecule has 0 unspecified atom stereocenters. The lowest BCUT2D eigenvalue weighted by Gasteiger charge is -2.20. The molecule has 0 saturated carbocycles. The highest BCUT2D eigenvalue weighted by atomic mass is 32.1. The van der Waals surface area contributed by atoms with Crippen molar-refractivity contribution in [3.63, 3.8) is 0 Å². The predicted molar refractivity (Wildman–Crippen MR) is 65.7 cm³/mol. The van der Waals surface area contributed by atoms with Crippen molar-refractivity contribution in [2.24, 2.45) is 5.73 Å². The zero-order valence-electron chi connectivity index (χ0n) is 8.68. The van der Waals surface area contributed by atoms with Crippen LogP contribution in [0.2, 0.25) is 0 Å². The molecule has 0 bridgehead atoms. The van der Waals surface area contributed by atoms with Crippen LogP contribution in [-0.2, 0) is 4.79 Å².